The van der Waals surface area contributed by atoms with Gasteiger partial charge in [-0.3, -0.25) is 24.5 Å². The number of alkyl carbamates (subject to hydrolysis) is 1. The highest BCUT2D eigenvalue weighted by Crippen LogP contribution is 2.48. The second-order valence-corrected chi connectivity index (χ2v) is 9.37. The van der Waals surface area contributed by atoms with E-state index in [1.807, 2.05) is 6.07 Å². The second kappa shape index (κ2) is 10.5. The van der Waals surface area contributed by atoms with Gasteiger partial charge >= 0.3 is 23.8 Å². The minimum Gasteiger partial charge on any atom is -0.456 e. The predicted molar refractivity (Wildman–Crippen MR) is 126 cm³/mol. The van der Waals surface area contributed by atoms with E-state index in [-0.39, 0.29) is 31.9 Å². The molecule has 2 aromatic rings. The van der Waals surface area contributed by atoms with Gasteiger partial charge in [-0.1, -0.05) is 44.2 Å². The molecule has 0 aromatic heterocycles. The number of nitro benzene ring substituents is 1. The molecule has 1 N–H and O–H groups in total. The van der Waals surface area contributed by atoms with Crippen LogP contribution in [0.4, 0.5) is 10.5 Å². The summed E-state index contributed by atoms with van der Waals surface area (Å²) in [5.74, 6) is -2.67. The zero-order valence-electron chi connectivity index (χ0n) is 20.6. The molecule has 2 fully saturated rings. The number of ether oxygens (including phenoxy) is 3. The molecule has 13 nitrogen and oxygen atoms in total. The lowest BCUT2D eigenvalue weighted by atomic mass is 9.79. The maximum absolute atomic E-state index is 13.4. The summed E-state index contributed by atoms with van der Waals surface area (Å²) >= 11 is 0. The highest BCUT2D eigenvalue weighted by molar-refractivity contribution is 5.95. The molecule has 0 saturated carbocycles. The van der Waals surface area contributed by atoms with Crippen molar-refractivity contribution >= 4 is 29.6 Å². The number of amides is 2. The van der Waals surface area contributed by atoms with Crippen LogP contribution in [0.5, 0.6) is 0 Å². The average molecular weight is 527 g/mol. The van der Waals surface area contributed by atoms with Crippen LogP contribution in [0, 0.1) is 15.5 Å². The van der Waals surface area contributed by atoms with Crippen LogP contribution in [0.3, 0.4) is 0 Å². The zero-order chi connectivity index (χ0) is 27.5. The molecular weight excluding hydrogens is 502 g/mol. The van der Waals surface area contributed by atoms with Crippen molar-refractivity contribution in [3.8, 4) is 0 Å². The van der Waals surface area contributed by atoms with Crippen molar-refractivity contribution in [2.24, 2.45) is 5.41 Å². The first-order valence-corrected chi connectivity index (χ1v) is 11.6. The molecule has 2 amide bonds. The third-order valence-corrected chi connectivity index (χ3v) is 6.22. The number of benzene rings is 2. The van der Waals surface area contributed by atoms with Crippen molar-refractivity contribution in [3.05, 3.63) is 75.8 Å². The van der Waals surface area contributed by atoms with Gasteiger partial charge in [0.15, 0.2) is 0 Å². The second-order valence-electron chi connectivity index (χ2n) is 9.37. The molecule has 4 rings (SSSR count). The molecule has 200 valence electrons. The Labute approximate surface area is 216 Å². The van der Waals surface area contributed by atoms with E-state index in [4.69, 9.17) is 19.0 Å². The lowest BCUT2D eigenvalue weighted by molar-refractivity contribution is -0.384. The van der Waals surface area contributed by atoms with Crippen molar-refractivity contribution in [2.75, 3.05) is 6.61 Å². The monoisotopic (exact) mass is 527 g/mol. The van der Waals surface area contributed by atoms with Crippen molar-refractivity contribution in [1.82, 2.24) is 10.4 Å². The minimum atomic E-state index is -2.27. The van der Waals surface area contributed by atoms with Crippen molar-refractivity contribution in [1.29, 1.82) is 0 Å². The SMILES string of the molecule is CC1(C)CC(=O)OC1(C(=O)OCc1ccc([N+](=O)[O-])cc1)N1OCC(NC(=O)OCc2ccccc2)C1=O. The van der Waals surface area contributed by atoms with Crippen molar-refractivity contribution < 1.29 is 43.1 Å². The molecule has 2 unspecified atom stereocenters. The Morgan fingerprint density at radius 1 is 1.05 bits per heavy atom. The van der Waals surface area contributed by atoms with Gasteiger partial charge in [-0.05, 0) is 23.3 Å². The van der Waals surface area contributed by atoms with Crippen molar-refractivity contribution in [3.63, 3.8) is 0 Å². The van der Waals surface area contributed by atoms with Crippen LogP contribution >= 0.6 is 0 Å². The number of hydrogen-bond donors (Lipinski definition) is 1. The molecule has 2 saturated heterocycles. The molecule has 0 bridgehead atoms. The fourth-order valence-electron chi connectivity index (χ4n) is 4.18. The highest BCUT2D eigenvalue weighted by atomic mass is 16.8. The van der Waals surface area contributed by atoms with Gasteiger partial charge < -0.3 is 19.5 Å². The predicted octanol–water partition coefficient (Wildman–Crippen LogP) is 2.38. The Morgan fingerprint density at radius 3 is 2.29 bits per heavy atom. The van der Waals surface area contributed by atoms with E-state index in [1.165, 1.54) is 38.1 Å². The molecule has 2 atom stereocenters. The Balaban J connectivity index is 1.46. The average Bonchev–Trinajstić information content (AvgIpc) is 3.36. The molecule has 38 heavy (non-hydrogen) atoms. The third kappa shape index (κ3) is 5.13. The lowest BCUT2D eigenvalue weighted by Crippen LogP contribution is -2.63. The summed E-state index contributed by atoms with van der Waals surface area (Å²) in [6.45, 7) is 2.39. The molecule has 2 aliphatic heterocycles. The zero-order valence-corrected chi connectivity index (χ0v) is 20.6. The Hall–Kier alpha value is -4.52. The molecule has 0 spiro atoms. The number of nitrogens with one attached hydrogen (secondary N) is 1. The number of hydrogen-bond acceptors (Lipinski definition) is 10. The number of esters is 2. The molecule has 0 radical (unpaired) electrons. The summed E-state index contributed by atoms with van der Waals surface area (Å²) in [6.07, 6.45) is -1.10. The van der Waals surface area contributed by atoms with E-state index in [9.17, 15) is 29.3 Å². The minimum absolute atomic E-state index is 0.0261. The summed E-state index contributed by atoms with van der Waals surface area (Å²) < 4.78 is 15.9. The Morgan fingerprint density at radius 2 is 1.68 bits per heavy atom. The van der Waals surface area contributed by atoms with Crippen LogP contribution in [0.1, 0.15) is 31.4 Å². The maximum Gasteiger partial charge on any atom is 0.408 e. The fourth-order valence-corrected chi connectivity index (χ4v) is 4.18. The summed E-state index contributed by atoms with van der Waals surface area (Å²) in [4.78, 5) is 67.0. The maximum atomic E-state index is 13.4. The number of rotatable bonds is 8. The smallest absolute Gasteiger partial charge is 0.408 e. The molecule has 2 heterocycles. The number of hydroxylamine groups is 2. The first-order valence-electron chi connectivity index (χ1n) is 11.6. The van der Waals surface area contributed by atoms with Gasteiger partial charge in [-0.25, -0.2) is 9.59 Å². The van der Waals surface area contributed by atoms with Gasteiger partial charge in [0.1, 0.15) is 25.9 Å². The van der Waals surface area contributed by atoms with E-state index in [0.717, 1.165) is 5.56 Å². The Kier molecular flexibility index (Phi) is 7.30. The highest BCUT2D eigenvalue weighted by Gasteiger charge is 2.69. The first-order chi connectivity index (χ1) is 18.0. The van der Waals surface area contributed by atoms with Crippen LogP contribution in [0.25, 0.3) is 0 Å². The summed E-state index contributed by atoms with van der Waals surface area (Å²) in [6, 6.07) is 13.0. The number of nitrogens with zero attached hydrogens (tertiary/aromatic N) is 2. The molecule has 0 aliphatic carbocycles. The summed E-state index contributed by atoms with van der Waals surface area (Å²) in [5, 5.41) is 13.9. The number of cyclic esters (lactones) is 1. The first kappa shape index (κ1) is 26.5. The quantitative estimate of drug-likeness (QED) is 0.233. The molecule has 13 heteroatoms. The topological polar surface area (TPSA) is 164 Å². The lowest BCUT2D eigenvalue weighted by Gasteiger charge is -2.40. The number of carbonyl (C=O) groups is 4. The van der Waals surface area contributed by atoms with E-state index in [0.29, 0.717) is 10.6 Å². The van der Waals surface area contributed by atoms with Crippen LogP contribution in [-0.4, -0.2) is 52.3 Å². The van der Waals surface area contributed by atoms with Gasteiger partial charge in [-0.15, -0.1) is 0 Å². The number of carbonyl (C=O) groups excluding carboxylic acids is 4. The van der Waals surface area contributed by atoms with Crippen LogP contribution in [0.2, 0.25) is 0 Å². The molecular formula is C25H25N3O10. The third-order valence-electron chi connectivity index (χ3n) is 6.22. The van der Waals surface area contributed by atoms with Gasteiger partial charge in [-0.2, -0.15) is 5.06 Å². The normalized spacial score (nSPS) is 22.1. The fraction of sp³-hybridized carbons (Fsp3) is 0.360. The van der Waals surface area contributed by atoms with E-state index in [1.54, 1.807) is 24.3 Å². The van der Waals surface area contributed by atoms with Gasteiger partial charge in [0.05, 0.1) is 11.3 Å². The van der Waals surface area contributed by atoms with Crippen LogP contribution in [-0.2, 0) is 46.6 Å². The number of non-ortho nitro benzene ring substituents is 1. The molecule has 2 aliphatic rings. The van der Waals surface area contributed by atoms with Crippen molar-refractivity contribution in [2.45, 2.75) is 45.2 Å². The largest absolute Gasteiger partial charge is 0.456 e. The van der Waals surface area contributed by atoms with E-state index in [2.05, 4.69) is 5.32 Å². The Bertz CT molecular complexity index is 1250. The summed E-state index contributed by atoms with van der Waals surface area (Å²) in [5.41, 5.74) is -2.51. The van der Waals surface area contributed by atoms with Gasteiger partial charge in [0.2, 0.25) is 0 Å². The molecule has 2 aromatic carbocycles. The number of nitro groups is 1. The summed E-state index contributed by atoms with van der Waals surface area (Å²) in [7, 11) is 0. The van der Waals surface area contributed by atoms with Gasteiger partial charge in [0, 0.05) is 17.5 Å². The standard InChI is InChI=1S/C25H25N3O10/c1-24(2)12-20(29)38-25(24,22(31)35-13-17-8-10-18(11-9-17)28(33)34)27-21(30)19(15-37-27)26-23(32)36-14-16-6-4-3-5-7-16/h3-11,19H,12-15H2,1-2H3,(H,26,32). The van der Waals surface area contributed by atoms with Crippen LogP contribution in [0.15, 0.2) is 54.6 Å². The van der Waals surface area contributed by atoms with Gasteiger partial charge in [0.25, 0.3) is 11.6 Å². The van der Waals surface area contributed by atoms with E-state index >= 15 is 0 Å². The van der Waals surface area contributed by atoms with Crippen LogP contribution < -0.4 is 5.32 Å². The van der Waals surface area contributed by atoms with E-state index < -0.39 is 46.0 Å².